The van der Waals surface area contributed by atoms with Crippen molar-refractivity contribution in [2.45, 2.75) is 10.9 Å². The first-order valence-electron chi connectivity index (χ1n) is 6.08. The highest BCUT2D eigenvalue weighted by molar-refractivity contribution is 7.98. The van der Waals surface area contributed by atoms with Gasteiger partial charge in [0.05, 0.1) is 5.39 Å². The fraction of sp³-hybridized carbons (Fsp3) is 0.143. The number of rotatable bonds is 3. The lowest BCUT2D eigenvalue weighted by Gasteiger charge is -2.09. The van der Waals surface area contributed by atoms with Crippen LogP contribution >= 0.6 is 46.3 Å². The molecular weight excluding hydrogens is 347 g/mol. The first-order chi connectivity index (χ1) is 10.1. The normalized spacial score (nSPS) is 11.2. The Morgan fingerprint density at radius 2 is 2.00 bits per heavy atom. The van der Waals surface area contributed by atoms with E-state index in [-0.39, 0.29) is 5.56 Å². The Morgan fingerprint density at radius 3 is 2.71 bits per heavy atom. The van der Waals surface area contributed by atoms with E-state index in [1.54, 1.807) is 29.8 Å². The van der Waals surface area contributed by atoms with E-state index in [4.69, 9.17) is 23.2 Å². The number of halogens is 2. The van der Waals surface area contributed by atoms with Gasteiger partial charge in [-0.25, -0.2) is 4.98 Å². The van der Waals surface area contributed by atoms with Gasteiger partial charge in [-0.1, -0.05) is 41.0 Å². The third-order valence-electron chi connectivity index (χ3n) is 3.07. The first-order valence-corrected chi connectivity index (χ1v) is 8.70. The number of thiophene rings is 1. The summed E-state index contributed by atoms with van der Waals surface area (Å²) in [5, 5.41) is 4.43. The summed E-state index contributed by atoms with van der Waals surface area (Å²) in [6.45, 7) is 0. The smallest absolute Gasteiger partial charge is 0.262 e. The summed E-state index contributed by atoms with van der Waals surface area (Å²) >= 11 is 15.2. The monoisotopic (exact) mass is 356 g/mol. The fourth-order valence-corrected chi connectivity index (χ4v) is 4.43. The molecule has 108 valence electrons. The molecule has 0 saturated carbocycles. The van der Waals surface area contributed by atoms with Crippen LogP contribution in [0.5, 0.6) is 0 Å². The van der Waals surface area contributed by atoms with Gasteiger partial charge >= 0.3 is 0 Å². The summed E-state index contributed by atoms with van der Waals surface area (Å²) in [5.41, 5.74) is 0.820. The Kier molecular flexibility index (Phi) is 4.26. The van der Waals surface area contributed by atoms with Crippen molar-refractivity contribution < 1.29 is 0 Å². The van der Waals surface area contributed by atoms with E-state index < -0.39 is 0 Å². The van der Waals surface area contributed by atoms with Crippen LogP contribution in [0, 0.1) is 0 Å². The maximum Gasteiger partial charge on any atom is 0.262 e. The lowest BCUT2D eigenvalue weighted by Crippen LogP contribution is -2.19. The standard InChI is InChI=1S/C14H10Cl2N2OS2/c1-18-13(19)8-5-6-20-12(8)17-14(18)21-7-9-10(15)3-2-4-11(9)16/h2-6H,7H2,1H3. The molecule has 1 aromatic carbocycles. The van der Waals surface area contributed by atoms with E-state index in [9.17, 15) is 4.79 Å². The molecule has 0 saturated heterocycles. The number of benzene rings is 1. The third-order valence-corrected chi connectivity index (χ3v) is 5.64. The van der Waals surface area contributed by atoms with Gasteiger partial charge < -0.3 is 0 Å². The minimum absolute atomic E-state index is 0.0333. The van der Waals surface area contributed by atoms with E-state index in [0.717, 1.165) is 10.4 Å². The van der Waals surface area contributed by atoms with Crippen molar-refractivity contribution in [1.29, 1.82) is 0 Å². The predicted molar refractivity (Wildman–Crippen MR) is 90.9 cm³/mol. The van der Waals surface area contributed by atoms with Crippen molar-refractivity contribution in [3.05, 3.63) is 55.6 Å². The minimum atomic E-state index is -0.0333. The largest absolute Gasteiger partial charge is 0.290 e. The molecule has 3 nitrogen and oxygen atoms in total. The van der Waals surface area contributed by atoms with E-state index in [0.29, 0.717) is 26.3 Å². The molecule has 0 N–H and O–H groups in total. The second-order valence-electron chi connectivity index (χ2n) is 4.39. The van der Waals surface area contributed by atoms with Crippen LogP contribution in [0.1, 0.15) is 5.56 Å². The molecule has 7 heteroatoms. The van der Waals surface area contributed by atoms with Gasteiger partial charge in [0.2, 0.25) is 0 Å². The lowest BCUT2D eigenvalue weighted by molar-refractivity contribution is 0.728. The van der Waals surface area contributed by atoms with E-state index in [2.05, 4.69) is 4.98 Å². The maximum absolute atomic E-state index is 12.2. The molecule has 0 bridgehead atoms. The van der Waals surface area contributed by atoms with Crippen molar-refractivity contribution >= 4 is 56.5 Å². The average molecular weight is 357 g/mol. The summed E-state index contributed by atoms with van der Waals surface area (Å²) in [6.07, 6.45) is 0. The van der Waals surface area contributed by atoms with Crippen molar-refractivity contribution in [3.8, 4) is 0 Å². The first kappa shape index (κ1) is 14.9. The molecule has 0 aliphatic rings. The average Bonchev–Trinajstić information content (AvgIpc) is 2.92. The van der Waals surface area contributed by atoms with Gasteiger partial charge in [0.15, 0.2) is 5.16 Å². The van der Waals surface area contributed by atoms with Crippen LogP contribution in [0.15, 0.2) is 39.6 Å². The highest BCUT2D eigenvalue weighted by Gasteiger charge is 2.12. The summed E-state index contributed by atoms with van der Waals surface area (Å²) in [6, 6.07) is 7.22. The quantitative estimate of drug-likeness (QED) is 0.508. The molecule has 3 rings (SSSR count). The number of thioether (sulfide) groups is 1. The van der Waals surface area contributed by atoms with Gasteiger partial charge in [-0.3, -0.25) is 9.36 Å². The van der Waals surface area contributed by atoms with Crippen LogP contribution in [0.2, 0.25) is 10.0 Å². The molecule has 0 aliphatic carbocycles. The number of nitrogens with zero attached hydrogens (tertiary/aromatic N) is 2. The zero-order valence-electron chi connectivity index (χ0n) is 11.0. The van der Waals surface area contributed by atoms with E-state index in [1.165, 1.54) is 23.1 Å². The fourth-order valence-electron chi connectivity index (χ4n) is 1.92. The number of fused-ring (bicyclic) bond motifs is 1. The van der Waals surface area contributed by atoms with Crippen LogP contribution in [0.4, 0.5) is 0 Å². The van der Waals surface area contributed by atoms with Gasteiger partial charge in [-0.05, 0) is 29.1 Å². The Hall–Kier alpha value is -1.01. The third kappa shape index (κ3) is 2.83. The van der Waals surface area contributed by atoms with Crippen molar-refractivity contribution in [1.82, 2.24) is 9.55 Å². The molecular formula is C14H10Cl2N2OS2. The van der Waals surface area contributed by atoms with Gasteiger partial charge in [0.1, 0.15) is 4.83 Å². The number of hydrogen-bond acceptors (Lipinski definition) is 4. The molecule has 0 fully saturated rings. The van der Waals surface area contributed by atoms with E-state index in [1.807, 2.05) is 11.4 Å². The second kappa shape index (κ2) is 6.01. The minimum Gasteiger partial charge on any atom is -0.290 e. The van der Waals surface area contributed by atoms with Crippen molar-refractivity contribution in [2.75, 3.05) is 0 Å². The van der Waals surface area contributed by atoms with Gasteiger partial charge in [-0.15, -0.1) is 11.3 Å². The van der Waals surface area contributed by atoms with Crippen LogP contribution in [-0.2, 0) is 12.8 Å². The van der Waals surface area contributed by atoms with Gasteiger partial charge in [0.25, 0.3) is 5.56 Å². The molecule has 21 heavy (non-hydrogen) atoms. The van der Waals surface area contributed by atoms with Crippen molar-refractivity contribution in [2.24, 2.45) is 7.05 Å². The molecule has 0 amide bonds. The second-order valence-corrected chi connectivity index (χ2v) is 7.04. The highest BCUT2D eigenvalue weighted by atomic mass is 35.5. The molecule has 0 spiro atoms. The Morgan fingerprint density at radius 1 is 1.29 bits per heavy atom. The summed E-state index contributed by atoms with van der Waals surface area (Å²) in [4.78, 5) is 17.5. The molecule has 0 atom stereocenters. The SMILES string of the molecule is Cn1c(SCc2c(Cl)cccc2Cl)nc2sccc2c1=O. The highest BCUT2D eigenvalue weighted by Crippen LogP contribution is 2.31. The Labute approximate surface area is 139 Å². The van der Waals surface area contributed by atoms with Crippen LogP contribution in [0.25, 0.3) is 10.2 Å². The predicted octanol–water partition coefficient (Wildman–Crippen LogP) is 4.59. The zero-order chi connectivity index (χ0) is 15.0. The van der Waals surface area contributed by atoms with Crippen molar-refractivity contribution in [3.63, 3.8) is 0 Å². The Bertz CT molecular complexity index is 853. The van der Waals surface area contributed by atoms with Crippen LogP contribution in [0.3, 0.4) is 0 Å². The lowest BCUT2D eigenvalue weighted by atomic mass is 10.2. The molecule has 0 unspecified atom stereocenters. The van der Waals surface area contributed by atoms with Crippen LogP contribution < -0.4 is 5.56 Å². The molecule has 3 aromatic rings. The molecule has 0 aliphatic heterocycles. The summed E-state index contributed by atoms with van der Waals surface area (Å²) in [5.74, 6) is 0.565. The van der Waals surface area contributed by atoms with Crippen LogP contribution in [-0.4, -0.2) is 9.55 Å². The topological polar surface area (TPSA) is 34.9 Å². The van der Waals surface area contributed by atoms with Gasteiger partial charge in [-0.2, -0.15) is 0 Å². The molecule has 2 heterocycles. The summed E-state index contributed by atoms with van der Waals surface area (Å²) < 4.78 is 1.56. The molecule has 0 radical (unpaired) electrons. The Balaban J connectivity index is 1.95. The number of hydrogen-bond donors (Lipinski definition) is 0. The number of aromatic nitrogens is 2. The van der Waals surface area contributed by atoms with E-state index >= 15 is 0 Å². The van der Waals surface area contributed by atoms with Gasteiger partial charge in [0, 0.05) is 22.8 Å². The summed E-state index contributed by atoms with van der Waals surface area (Å²) in [7, 11) is 1.73. The zero-order valence-corrected chi connectivity index (χ0v) is 14.1. The maximum atomic E-state index is 12.2. The molecule has 2 aromatic heterocycles.